The Morgan fingerprint density at radius 3 is 2.73 bits per heavy atom. The second-order valence-corrected chi connectivity index (χ2v) is 8.32. The number of rotatable bonds is 5. The van der Waals surface area contributed by atoms with Crippen molar-refractivity contribution in [1.29, 1.82) is 0 Å². The van der Waals surface area contributed by atoms with Gasteiger partial charge in [0.15, 0.2) is 16.3 Å². The number of allylic oxidation sites excluding steroid dienone is 1. The lowest BCUT2D eigenvalue weighted by molar-refractivity contribution is -0.138. The molecule has 0 saturated heterocycles. The number of phenolic OH excluding ortho intramolecular Hbond substituents is 2. The average Bonchev–Trinajstić information content (AvgIpc) is 3.09. The zero-order valence-electron chi connectivity index (χ0n) is 18.2. The normalized spacial score (nSPS) is 15.7. The molecule has 3 aromatic rings. The van der Waals surface area contributed by atoms with Crippen LogP contribution in [0.5, 0.6) is 17.2 Å². The summed E-state index contributed by atoms with van der Waals surface area (Å²) in [4.78, 5) is 31.2. The zero-order valence-corrected chi connectivity index (χ0v) is 19.0. The van der Waals surface area contributed by atoms with Gasteiger partial charge in [-0.15, -0.1) is 0 Å². The van der Waals surface area contributed by atoms with Gasteiger partial charge in [-0.2, -0.15) is 0 Å². The number of esters is 1. The number of thiazole rings is 1. The quantitative estimate of drug-likeness (QED) is 0.559. The van der Waals surface area contributed by atoms with Crippen molar-refractivity contribution in [2.45, 2.75) is 19.9 Å². The van der Waals surface area contributed by atoms with E-state index in [1.165, 1.54) is 29.1 Å². The summed E-state index contributed by atoms with van der Waals surface area (Å²) in [6.45, 7) is 3.56. The molecule has 1 atom stereocenters. The number of ether oxygens (including phenoxy) is 2. The van der Waals surface area contributed by atoms with Crippen molar-refractivity contribution in [3.8, 4) is 17.2 Å². The van der Waals surface area contributed by atoms with Gasteiger partial charge in [-0.25, -0.2) is 9.79 Å². The van der Waals surface area contributed by atoms with Crippen LogP contribution in [0.25, 0.3) is 11.8 Å². The SMILES string of the molecule is CCOC(=O)C1=C(C)n2c(sc(=Cc3cccc(O)c3)c2=O)=N[C@H]1c1ccc(O)c(OC)c1. The Labute approximate surface area is 193 Å². The van der Waals surface area contributed by atoms with Gasteiger partial charge in [-0.1, -0.05) is 29.5 Å². The Morgan fingerprint density at radius 1 is 1.24 bits per heavy atom. The number of aromatic nitrogens is 1. The highest BCUT2D eigenvalue weighted by Crippen LogP contribution is 2.36. The van der Waals surface area contributed by atoms with Crippen LogP contribution in [0.1, 0.15) is 31.0 Å². The van der Waals surface area contributed by atoms with E-state index in [1.54, 1.807) is 56.3 Å². The number of nitrogens with zero attached hydrogens (tertiary/aromatic N) is 2. The molecule has 170 valence electrons. The van der Waals surface area contributed by atoms with Crippen LogP contribution in [-0.2, 0) is 9.53 Å². The Bertz CT molecular complexity index is 1450. The molecular formula is C24H22N2O6S. The lowest BCUT2D eigenvalue weighted by Gasteiger charge is -2.22. The third-order valence-electron chi connectivity index (χ3n) is 5.23. The largest absolute Gasteiger partial charge is 0.508 e. The maximum atomic E-state index is 13.2. The van der Waals surface area contributed by atoms with Crippen LogP contribution in [0.3, 0.4) is 0 Å². The van der Waals surface area contributed by atoms with Gasteiger partial charge in [0.2, 0.25) is 0 Å². The van der Waals surface area contributed by atoms with Crippen LogP contribution in [0.4, 0.5) is 0 Å². The molecule has 0 fully saturated rings. The van der Waals surface area contributed by atoms with Crippen molar-refractivity contribution < 1.29 is 24.5 Å². The predicted octanol–water partition coefficient (Wildman–Crippen LogP) is 2.33. The Morgan fingerprint density at radius 2 is 2.03 bits per heavy atom. The first-order chi connectivity index (χ1) is 15.8. The van der Waals surface area contributed by atoms with Gasteiger partial charge < -0.3 is 19.7 Å². The van der Waals surface area contributed by atoms with Gasteiger partial charge in [0.1, 0.15) is 11.8 Å². The summed E-state index contributed by atoms with van der Waals surface area (Å²) in [6, 6.07) is 10.6. The third kappa shape index (κ3) is 4.14. The molecule has 8 nitrogen and oxygen atoms in total. The van der Waals surface area contributed by atoms with Crippen molar-refractivity contribution in [2.24, 2.45) is 4.99 Å². The van der Waals surface area contributed by atoms with Crippen LogP contribution in [-0.4, -0.2) is 34.5 Å². The monoisotopic (exact) mass is 466 g/mol. The number of carbonyl (C=O) groups excluding carboxylic acids is 1. The molecule has 0 bridgehead atoms. The first-order valence-corrected chi connectivity index (χ1v) is 11.0. The predicted molar refractivity (Wildman–Crippen MR) is 124 cm³/mol. The Balaban J connectivity index is 1.96. The van der Waals surface area contributed by atoms with Gasteiger partial charge in [-0.3, -0.25) is 9.36 Å². The van der Waals surface area contributed by atoms with E-state index in [2.05, 4.69) is 0 Å². The molecule has 1 aliphatic heterocycles. The van der Waals surface area contributed by atoms with Crippen molar-refractivity contribution in [1.82, 2.24) is 4.57 Å². The first-order valence-electron chi connectivity index (χ1n) is 10.2. The molecule has 1 aliphatic rings. The average molecular weight is 467 g/mol. The molecule has 2 heterocycles. The minimum atomic E-state index is -0.745. The van der Waals surface area contributed by atoms with Gasteiger partial charge in [0.05, 0.1) is 23.8 Å². The summed E-state index contributed by atoms with van der Waals surface area (Å²) in [6.07, 6.45) is 1.67. The number of phenols is 2. The highest BCUT2D eigenvalue weighted by atomic mass is 32.1. The van der Waals surface area contributed by atoms with Crippen molar-refractivity contribution in [3.05, 3.63) is 78.9 Å². The first kappa shape index (κ1) is 22.3. The van der Waals surface area contributed by atoms with Gasteiger partial charge in [0.25, 0.3) is 5.56 Å². The molecule has 2 N–H and O–H groups in total. The lowest BCUT2D eigenvalue weighted by atomic mass is 9.96. The van der Waals surface area contributed by atoms with Crippen LogP contribution in [0, 0.1) is 0 Å². The van der Waals surface area contributed by atoms with E-state index in [4.69, 9.17) is 14.5 Å². The number of carbonyl (C=O) groups is 1. The number of methoxy groups -OCH3 is 1. The summed E-state index contributed by atoms with van der Waals surface area (Å²) in [5, 5.41) is 19.7. The van der Waals surface area contributed by atoms with E-state index in [0.29, 0.717) is 26.2 Å². The molecule has 0 saturated carbocycles. The molecule has 4 rings (SSSR count). The number of benzene rings is 2. The summed E-state index contributed by atoms with van der Waals surface area (Å²) in [5.74, 6) is -0.267. The van der Waals surface area contributed by atoms with Crippen molar-refractivity contribution >= 4 is 29.1 Å². The number of hydrogen-bond acceptors (Lipinski definition) is 8. The lowest BCUT2D eigenvalue weighted by Crippen LogP contribution is -2.35. The topological polar surface area (TPSA) is 110 Å². The van der Waals surface area contributed by atoms with Crippen molar-refractivity contribution in [3.63, 3.8) is 0 Å². The fourth-order valence-corrected chi connectivity index (χ4v) is 4.73. The summed E-state index contributed by atoms with van der Waals surface area (Å²) >= 11 is 1.18. The third-order valence-corrected chi connectivity index (χ3v) is 6.21. The highest BCUT2D eigenvalue weighted by Gasteiger charge is 2.31. The van der Waals surface area contributed by atoms with E-state index in [-0.39, 0.29) is 35.0 Å². The van der Waals surface area contributed by atoms with Crippen molar-refractivity contribution in [2.75, 3.05) is 13.7 Å². The summed E-state index contributed by atoms with van der Waals surface area (Å²) in [7, 11) is 1.44. The molecule has 0 radical (unpaired) electrons. The highest BCUT2D eigenvalue weighted by molar-refractivity contribution is 7.07. The number of fused-ring (bicyclic) bond motifs is 1. The number of hydrogen-bond donors (Lipinski definition) is 2. The standard InChI is InChI=1S/C24H22N2O6S/c1-4-32-23(30)20-13(2)26-22(29)19(11-14-6-5-7-16(27)10-14)33-24(26)25-21(20)15-8-9-17(28)18(12-15)31-3/h5-12,21,27-28H,4H2,1-3H3/t21-/m0/s1. The molecule has 0 amide bonds. The zero-order chi connectivity index (χ0) is 23.7. The molecule has 2 aromatic carbocycles. The summed E-state index contributed by atoms with van der Waals surface area (Å²) in [5.41, 5.74) is 1.62. The fraction of sp³-hybridized carbons (Fsp3) is 0.208. The van der Waals surface area contributed by atoms with E-state index in [1.807, 2.05) is 0 Å². The fourth-order valence-electron chi connectivity index (χ4n) is 3.69. The van der Waals surface area contributed by atoms with E-state index in [9.17, 15) is 19.8 Å². The van der Waals surface area contributed by atoms with Crippen LogP contribution >= 0.6 is 11.3 Å². The smallest absolute Gasteiger partial charge is 0.338 e. The van der Waals surface area contributed by atoms with Gasteiger partial charge in [0, 0.05) is 5.70 Å². The van der Waals surface area contributed by atoms with E-state index in [0.717, 1.165) is 0 Å². The van der Waals surface area contributed by atoms with Crippen LogP contribution in [0.15, 0.2) is 57.8 Å². The molecule has 1 aromatic heterocycles. The molecule has 0 unspecified atom stereocenters. The maximum absolute atomic E-state index is 13.2. The molecule has 33 heavy (non-hydrogen) atoms. The van der Waals surface area contributed by atoms with Gasteiger partial charge in [-0.05, 0) is 55.3 Å². The molecule has 0 aliphatic carbocycles. The Kier molecular flexibility index (Phi) is 6.06. The van der Waals surface area contributed by atoms with E-state index < -0.39 is 12.0 Å². The van der Waals surface area contributed by atoms with E-state index >= 15 is 0 Å². The Hall–Kier alpha value is -3.85. The molecule has 0 spiro atoms. The molecule has 9 heteroatoms. The molecular weight excluding hydrogens is 444 g/mol. The van der Waals surface area contributed by atoms with Gasteiger partial charge >= 0.3 is 5.97 Å². The summed E-state index contributed by atoms with van der Waals surface area (Å²) < 4.78 is 12.3. The van der Waals surface area contributed by atoms with Crippen LogP contribution in [0.2, 0.25) is 0 Å². The second kappa shape index (κ2) is 8.95. The maximum Gasteiger partial charge on any atom is 0.338 e. The number of aromatic hydroxyl groups is 2. The minimum Gasteiger partial charge on any atom is -0.508 e. The minimum absolute atomic E-state index is 0.0357. The second-order valence-electron chi connectivity index (χ2n) is 7.31. The van der Waals surface area contributed by atoms with Crippen LogP contribution < -0.4 is 19.6 Å².